The van der Waals surface area contributed by atoms with E-state index >= 15 is 0 Å². The molecule has 1 fully saturated rings. The highest BCUT2D eigenvalue weighted by Gasteiger charge is 2.35. The minimum atomic E-state index is -0.581. The number of ether oxygens (including phenoxy) is 6. The first-order valence-corrected chi connectivity index (χ1v) is 17.4. The quantitative estimate of drug-likeness (QED) is 0.103. The number of para-hydroxylation sites is 1. The summed E-state index contributed by atoms with van der Waals surface area (Å²) in [5, 5.41) is 1.94. The fourth-order valence-electron chi connectivity index (χ4n) is 6.02. The van der Waals surface area contributed by atoms with Crippen LogP contribution < -0.4 is 18.9 Å². The second-order valence-electron chi connectivity index (χ2n) is 12.8. The Morgan fingerprint density at radius 3 is 2.29 bits per heavy atom. The van der Waals surface area contributed by atoms with Crippen LogP contribution in [0.4, 0.5) is 4.79 Å². The number of thioether (sulfide) groups is 1. The highest BCUT2D eigenvalue weighted by atomic mass is 32.2. The summed E-state index contributed by atoms with van der Waals surface area (Å²) in [6.07, 6.45) is 1.05. The Labute approximate surface area is 288 Å². The van der Waals surface area contributed by atoms with E-state index in [4.69, 9.17) is 28.4 Å². The minimum Gasteiger partial charge on any atom is -0.496 e. The van der Waals surface area contributed by atoms with Crippen molar-refractivity contribution in [1.29, 1.82) is 0 Å². The first-order chi connectivity index (χ1) is 23.2. The number of fused-ring (bicyclic) bond motifs is 1. The Morgan fingerprint density at radius 1 is 0.875 bits per heavy atom. The lowest BCUT2D eigenvalue weighted by atomic mass is 9.87. The van der Waals surface area contributed by atoms with Crippen molar-refractivity contribution in [2.24, 2.45) is 0 Å². The van der Waals surface area contributed by atoms with Crippen molar-refractivity contribution < 1.29 is 33.2 Å². The van der Waals surface area contributed by atoms with Gasteiger partial charge in [-0.25, -0.2) is 4.79 Å². The average molecular weight is 674 g/mol. The Morgan fingerprint density at radius 2 is 1.58 bits per heavy atom. The van der Waals surface area contributed by atoms with Gasteiger partial charge in [0.2, 0.25) is 0 Å². The summed E-state index contributed by atoms with van der Waals surface area (Å²) in [6, 6.07) is 26.3. The number of rotatable bonds is 13. The van der Waals surface area contributed by atoms with E-state index in [-0.39, 0.29) is 18.1 Å². The van der Waals surface area contributed by atoms with Gasteiger partial charge in [-0.15, -0.1) is 11.8 Å². The Hall–Kier alpha value is -4.08. The summed E-state index contributed by atoms with van der Waals surface area (Å²) in [5.74, 6) is 4.25. The van der Waals surface area contributed by atoms with Crippen molar-refractivity contribution in [2.75, 3.05) is 46.8 Å². The molecule has 0 aromatic heterocycles. The van der Waals surface area contributed by atoms with E-state index in [0.29, 0.717) is 26.3 Å². The second kappa shape index (κ2) is 16.3. The second-order valence-corrected chi connectivity index (χ2v) is 13.9. The van der Waals surface area contributed by atoms with Crippen LogP contribution in [0.25, 0.3) is 10.8 Å². The maximum absolute atomic E-state index is 13.1. The maximum atomic E-state index is 13.1. The van der Waals surface area contributed by atoms with Crippen LogP contribution >= 0.6 is 11.8 Å². The number of carbonyl (C=O) groups excluding carboxylic acids is 1. The Balaban J connectivity index is 1.27. The predicted octanol–water partition coefficient (Wildman–Crippen LogP) is 8.74. The molecule has 9 heteroatoms. The van der Waals surface area contributed by atoms with Crippen molar-refractivity contribution >= 4 is 28.6 Å². The summed E-state index contributed by atoms with van der Waals surface area (Å²) in [7, 11) is 5.04. The molecule has 2 atom stereocenters. The molecule has 1 amide bonds. The van der Waals surface area contributed by atoms with Gasteiger partial charge in [0.05, 0.1) is 47.2 Å². The monoisotopic (exact) mass is 673 g/mol. The van der Waals surface area contributed by atoms with E-state index < -0.39 is 5.60 Å². The normalized spacial score (nSPS) is 16.4. The summed E-state index contributed by atoms with van der Waals surface area (Å²) in [6.45, 7) is 7.56. The van der Waals surface area contributed by atoms with Gasteiger partial charge in [-0.3, -0.25) is 0 Å². The fraction of sp³-hybridized carbons (Fsp3) is 0.410. The van der Waals surface area contributed by atoms with Crippen LogP contribution in [0.3, 0.4) is 0 Å². The van der Waals surface area contributed by atoms with E-state index in [2.05, 4.69) is 18.2 Å². The molecule has 2 unspecified atom stereocenters. The molecule has 1 heterocycles. The van der Waals surface area contributed by atoms with Crippen LogP contribution in [0.2, 0.25) is 0 Å². The van der Waals surface area contributed by atoms with Crippen molar-refractivity contribution in [3.63, 3.8) is 0 Å². The van der Waals surface area contributed by atoms with Gasteiger partial charge < -0.3 is 33.3 Å². The molecule has 0 saturated carbocycles. The lowest BCUT2D eigenvalue weighted by molar-refractivity contribution is -0.0363. The molecule has 256 valence electrons. The van der Waals surface area contributed by atoms with Crippen LogP contribution in [0.5, 0.6) is 23.0 Å². The van der Waals surface area contributed by atoms with Gasteiger partial charge in [-0.1, -0.05) is 48.5 Å². The number of likely N-dealkylation sites (tertiary alicyclic amines) is 1. The molecule has 1 aliphatic rings. The third-order valence-electron chi connectivity index (χ3n) is 8.31. The number of benzene rings is 4. The molecular weight excluding hydrogens is 626 g/mol. The van der Waals surface area contributed by atoms with E-state index in [9.17, 15) is 4.79 Å². The van der Waals surface area contributed by atoms with Crippen molar-refractivity contribution in [2.45, 2.75) is 62.7 Å². The van der Waals surface area contributed by atoms with Crippen molar-refractivity contribution in [3.05, 3.63) is 90.0 Å². The third kappa shape index (κ3) is 8.88. The van der Waals surface area contributed by atoms with Crippen LogP contribution in [-0.4, -0.2) is 69.5 Å². The van der Waals surface area contributed by atoms with Crippen LogP contribution in [0, 0.1) is 0 Å². The fourth-order valence-corrected chi connectivity index (χ4v) is 6.97. The Kier molecular flexibility index (Phi) is 12.0. The number of carbonyl (C=O) groups is 1. The van der Waals surface area contributed by atoms with Gasteiger partial charge >= 0.3 is 6.09 Å². The zero-order valence-electron chi connectivity index (χ0n) is 28.8. The maximum Gasteiger partial charge on any atom is 0.410 e. The largest absolute Gasteiger partial charge is 0.496 e. The molecular formula is C39H47NO7S. The lowest BCUT2D eigenvalue weighted by Crippen LogP contribution is -2.48. The molecule has 0 bridgehead atoms. The molecule has 4 aromatic carbocycles. The number of amides is 1. The van der Waals surface area contributed by atoms with E-state index in [1.165, 1.54) is 0 Å². The van der Waals surface area contributed by atoms with E-state index in [1.807, 2.05) is 81.4 Å². The molecule has 8 nitrogen and oxygen atoms in total. The molecule has 1 saturated heterocycles. The molecule has 0 radical (unpaired) electrons. The third-order valence-corrected chi connectivity index (χ3v) is 9.46. The van der Waals surface area contributed by atoms with Crippen LogP contribution in [-0.2, 0) is 16.1 Å². The van der Waals surface area contributed by atoms with Gasteiger partial charge in [-0.05, 0) is 69.5 Å². The lowest BCUT2D eigenvalue weighted by Gasteiger charge is -2.39. The van der Waals surface area contributed by atoms with Crippen LogP contribution in [0.1, 0.15) is 50.7 Å². The standard InChI is InChI=1S/C39H47NO7S/c1-39(2,3)47-38(41)40-21-20-30(27-16-18-29(19-17-27)45-22-11-23-48-36-15-10-9-14-33(36)42-4)35(25-40)46-26-28-24-34(43-5)31-12-7-8-13-32(31)37(28)44-6/h7-10,12-19,24,30,35H,11,20-23,25-26H2,1-6H3. The smallest absolute Gasteiger partial charge is 0.410 e. The van der Waals surface area contributed by atoms with E-state index in [1.54, 1.807) is 38.0 Å². The molecule has 0 spiro atoms. The minimum absolute atomic E-state index is 0.0725. The summed E-state index contributed by atoms with van der Waals surface area (Å²) >= 11 is 1.77. The van der Waals surface area contributed by atoms with Gasteiger partial charge in [0.1, 0.15) is 28.6 Å². The molecule has 4 aromatic rings. The number of piperidine rings is 1. The zero-order valence-corrected chi connectivity index (χ0v) is 29.6. The van der Waals surface area contributed by atoms with Crippen LogP contribution in [0.15, 0.2) is 83.8 Å². The number of hydrogen-bond donors (Lipinski definition) is 0. The summed E-state index contributed by atoms with van der Waals surface area (Å²) < 4.78 is 35.5. The summed E-state index contributed by atoms with van der Waals surface area (Å²) in [5.41, 5.74) is 1.45. The topological polar surface area (TPSA) is 75.7 Å². The highest BCUT2D eigenvalue weighted by Crippen LogP contribution is 2.39. The first kappa shape index (κ1) is 35.2. The highest BCUT2D eigenvalue weighted by molar-refractivity contribution is 7.99. The van der Waals surface area contributed by atoms with Crippen molar-refractivity contribution in [1.82, 2.24) is 4.90 Å². The molecule has 0 aliphatic carbocycles. The first-order valence-electron chi connectivity index (χ1n) is 16.4. The van der Waals surface area contributed by atoms with Gasteiger partial charge in [-0.2, -0.15) is 0 Å². The van der Waals surface area contributed by atoms with E-state index in [0.717, 1.165) is 68.4 Å². The zero-order chi connectivity index (χ0) is 34.1. The predicted molar refractivity (Wildman–Crippen MR) is 191 cm³/mol. The number of methoxy groups -OCH3 is 3. The number of hydrogen-bond acceptors (Lipinski definition) is 8. The number of nitrogens with zero attached hydrogens (tertiary/aromatic N) is 1. The van der Waals surface area contributed by atoms with Gasteiger partial charge in [0, 0.05) is 39.4 Å². The van der Waals surface area contributed by atoms with Crippen molar-refractivity contribution in [3.8, 4) is 23.0 Å². The molecule has 1 aliphatic heterocycles. The van der Waals surface area contributed by atoms with Gasteiger partial charge in [0.15, 0.2) is 0 Å². The SMILES string of the molecule is COc1ccccc1SCCCOc1ccc(C2CCN(C(=O)OC(C)(C)C)CC2OCc2cc(OC)c3ccccc3c2OC)cc1. The molecule has 0 N–H and O–H groups in total. The molecule has 5 rings (SSSR count). The van der Waals surface area contributed by atoms with Gasteiger partial charge in [0.25, 0.3) is 0 Å². The summed E-state index contributed by atoms with van der Waals surface area (Å²) in [4.78, 5) is 16.0. The average Bonchev–Trinajstić information content (AvgIpc) is 3.09. The Bertz CT molecular complexity index is 1650. The molecule has 48 heavy (non-hydrogen) atoms.